The van der Waals surface area contributed by atoms with Crippen molar-refractivity contribution in [3.8, 4) is 0 Å². The summed E-state index contributed by atoms with van der Waals surface area (Å²) < 4.78 is 0. The second-order valence-electron chi connectivity index (χ2n) is 7.30. The Hall–Kier alpha value is -0.0800. The van der Waals surface area contributed by atoms with Gasteiger partial charge in [0.2, 0.25) is 0 Å². The summed E-state index contributed by atoms with van der Waals surface area (Å²) >= 11 is 0. The molecule has 0 aromatic heterocycles. The average molecular weight is 229 g/mol. The molecule has 0 aliphatic rings. The molecular weight excluding hydrogens is 198 g/mol. The lowest BCUT2D eigenvalue weighted by Gasteiger charge is -2.21. The van der Waals surface area contributed by atoms with Crippen LogP contribution in [0.4, 0.5) is 0 Å². The van der Waals surface area contributed by atoms with Crippen molar-refractivity contribution >= 4 is 0 Å². The second kappa shape index (κ2) is 6.61. The van der Waals surface area contributed by atoms with E-state index in [1.165, 1.54) is 6.42 Å². The molecule has 0 saturated heterocycles. The van der Waals surface area contributed by atoms with Crippen LogP contribution in [0.5, 0.6) is 0 Å². The molecule has 0 bridgehead atoms. The van der Waals surface area contributed by atoms with Gasteiger partial charge in [0.1, 0.15) is 0 Å². The minimum atomic E-state index is -0.190. The molecule has 16 heavy (non-hydrogen) atoms. The minimum absolute atomic E-state index is 0.190. The van der Waals surface area contributed by atoms with Crippen LogP contribution in [0.3, 0.4) is 0 Å². The fourth-order valence-electron chi connectivity index (χ4n) is 1.58. The van der Waals surface area contributed by atoms with Crippen LogP contribution in [0.25, 0.3) is 0 Å². The van der Waals surface area contributed by atoms with Crippen molar-refractivity contribution in [1.82, 2.24) is 5.32 Å². The van der Waals surface area contributed by atoms with Crippen LogP contribution in [0.15, 0.2) is 0 Å². The zero-order valence-corrected chi connectivity index (χ0v) is 12.1. The molecule has 0 saturated carbocycles. The molecule has 0 rings (SSSR count). The normalized spacial score (nSPS) is 15.2. The zero-order valence-electron chi connectivity index (χ0n) is 12.1. The molecule has 2 nitrogen and oxygen atoms in total. The lowest BCUT2D eigenvalue weighted by molar-refractivity contribution is 0.149. The Morgan fingerprint density at radius 1 is 1.00 bits per heavy atom. The van der Waals surface area contributed by atoms with Crippen molar-refractivity contribution in [3.63, 3.8) is 0 Å². The number of hydrogen-bond donors (Lipinski definition) is 2. The Morgan fingerprint density at radius 2 is 1.56 bits per heavy atom. The lowest BCUT2D eigenvalue weighted by atomic mass is 9.89. The van der Waals surface area contributed by atoms with Gasteiger partial charge < -0.3 is 10.4 Å². The maximum Gasteiger partial charge on any atom is 0.0664 e. The molecule has 0 aromatic carbocycles. The van der Waals surface area contributed by atoms with Gasteiger partial charge in [0.15, 0.2) is 0 Å². The van der Waals surface area contributed by atoms with E-state index in [9.17, 15) is 5.11 Å². The first-order valence-corrected chi connectivity index (χ1v) is 6.49. The summed E-state index contributed by atoms with van der Waals surface area (Å²) in [5.41, 5.74) is 0.684. The van der Waals surface area contributed by atoms with Crippen molar-refractivity contribution in [1.29, 1.82) is 0 Å². The van der Waals surface area contributed by atoms with Gasteiger partial charge in [-0.1, -0.05) is 48.0 Å². The predicted octanol–water partition coefficient (Wildman–Crippen LogP) is 3.20. The van der Waals surface area contributed by atoms with E-state index in [0.29, 0.717) is 10.8 Å². The maximum absolute atomic E-state index is 9.78. The third kappa shape index (κ3) is 12.0. The van der Waals surface area contributed by atoms with Crippen molar-refractivity contribution in [2.45, 2.75) is 66.9 Å². The van der Waals surface area contributed by atoms with Crippen LogP contribution in [-0.2, 0) is 0 Å². The highest BCUT2D eigenvalue weighted by molar-refractivity contribution is 4.69. The predicted molar refractivity (Wildman–Crippen MR) is 71.6 cm³/mol. The molecule has 2 N–H and O–H groups in total. The van der Waals surface area contributed by atoms with Crippen molar-refractivity contribution in [2.24, 2.45) is 10.8 Å². The molecule has 0 aromatic rings. The summed E-state index contributed by atoms with van der Waals surface area (Å²) in [6, 6.07) is 0. The first-order chi connectivity index (χ1) is 7.10. The third-order valence-electron chi connectivity index (χ3n) is 2.50. The molecular formula is C14H31NO. The number of aliphatic hydroxyl groups excluding tert-OH is 1. The standard InChI is InChI=1S/C14H31NO/c1-13(2,3)9-7-8-12(16)10-15-11-14(4,5)6/h12,15-16H,7-11H2,1-6H3/t12-/m0/s1. The number of aliphatic hydroxyl groups is 1. The zero-order chi connectivity index (χ0) is 12.8. The van der Waals surface area contributed by atoms with E-state index in [-0.39, 0.29) is 6.10 Å². The largest absolute Gasteiger partial charge is 0.392 e. The van der Waals surface area contributed by atoms with E-state index >= 15 is 0 Å². The topological polar surface area (TPSA) is 32.3 Å². The van der Waals surface area contributed by atoms with Gasteiger partial charge in [-0.15, -0.1) is 0 Å². The number of nitrogens with one attached hydrogen (secondary N) is 1. The molecule has 0 aliphatic heterocycles. The van der Waals surface area contributed by atoms with E-state index in [4.69, 9.17) is 0 Å². The summed E-state index contributed by atoms with van der Waals surface area (Å²) in [7, 11) is 0. The monoisotopic (exact) mass is 229 g/mol. The highest BCUT2D eigenvalue weighted by Gasteiger charge is 2.13. The Balaban J connectivity index is 3.49. The van der Waals surface area contributed by atoms with Gasteiger partial charge in [0, 0.05) is 13.1 Å². The molecule has 2 heteroatoms. The van der Waals surface area contributed by atoms with Gasteiger partial charge >= 0.3 is 0 Å². The van der Waals surface area contributed by atoms with Crippen molar-refractivity contribution < 1.29 is 5.11 Å². The molecule has 0 spiro atoms. The Bertz CT molecular complexity index is 156. The minimum Gasteiger partial charge on any atom is -0.392 e. The molecule has 0 aliphatic carbocycles. The first-order valence-electron chi connectivity index (χ1n) is 6.49. The van der Waals surface area contributed by atoms with E-state index < -0.39 is 0 Å². The quantitative estimate of drug-likeness (QED) is 0.733. The van der Waals surface area contributed by atoms with Gasteiger partial charge in [-0.25, -0.2) is 0 Å². The summed E-state index contributed by atoms with van der Waals surface area (Å²) in [6.07, 6.45) is 3.02. The Morgan fingerprint density at radius 3 is 2.00 bits per heavy atom. The van der Waals surface area contributed by atoms with Crippen LogP contribution >= 0.6 is 0 Å². The third-order valence-corrected chi connectivity index (χ3v) is 2.50. The smallest absolute Gasteiger partial charge is 0.0664 e. The van der Waals surface area contributed by atoms with E-state index in [1.54, 1.807) is 0 Å². The summed E-state index contributed by atoms with van der Waals surface area (Å²) in [5.74, 6) is 0. The number of rotatable bonds is 6. The molecule has 0 amide bonds. The SMILES string of the molecule is CC(C)(C)CCC[C@H](O)CNCC(C)(C)C. The van der Waals surface area contributed by atoms with Gasteiger partial charge in [0.25, 0.3) is 0 Å². The fourth-order valence-corrected chi connectivity index (χ4v) is 1.58. The van der Waals surface area contributed by atoms with Crippen LogP contribution in [0.1, 0.15) is 60.8 Å². The van der Waals surface area contributed by atoms with Crippen LogP contribution in [-0.4, -0.2) is 24.3 Å². The van der Waals surface area contributed by atoms with Gasteiger partial charge in [0.05, 0.1) is 6.10 Å². The van der Waals surface area contributed by atoms with Crippen LogP contribution in [0.2, 0.25) is 0 Å². The Kier molecular flexibility index (Phi) is 6.57. The highest BCUT2D eigenvalue weighted by Crippen LogP contribution is 2.21. The van der Waals surface area contributed by atoms with Gasteiger partial charge in [-0.3, -0.25) is 0 Å². The average Bonchev–Trinajstić information content (AvgIpc) is 1.98. The summed E-state index contributed by atoms with van der Waals surface area (Å²) in [5, 5.41) is 13.1. The highest BCUT2D eigenvalue weighted by atomic mass is 16.3. The number of hydrogen-bond acceptors (Lipinski definition) is 2. The summed E-state index contributed by atoms with van der Waals surface area (Å²) in [6.45, 7) is 15.0. The van der Waals surface area contributed by atoms with Crippen LogP contribution < -0.4 is 5.32 Å². The molecule has 98 valence electrons. The molecule has 0 radical (unpaired) electrons. The fraction of sp³-hybridized carbons (Fsp3) is 1.00. The second-order valence-corrected chi connectivity index (χ2v) is 7.30. The van der Waals surface area contributed by atoms with Crippen molar-refractivity contribution in [2.75, 3.05) is 13.1 Å². The van der Waals surface area contributed by atoms with Gasteiger partial charge in [-0.2, -0.15) is 0 Å². The Labute approximate surface area is 102 Å². The molecule has 0 heterocycles. The van der Waals surface area contributed by atoms with E-state index in [0.717, 1.165) is 25.9 Å². The molecule has 0 unspecified atom stereocenters. The van der Waals surface area contributed by atoms with Crippen LogP contribution in [0, 0.1) is 10.8 Å². The van der Waals surface area contributed by atoms with Crippen molar-refractivity contribution in [3.05, 3.63) is 0 Å². The maximum atomic E-state index is 9.78. The van der Waals surface area contributed by atoms with Gasteiger partial charge in [-0.05, 0) is 23.7 Å². The van der Waals surface area contributed by atoms with E-state index in [2.05, 4.69) is 46.9 Å². The van der Waals surface area contributed by atoms with E-state index in [1.807, 2.05) is 0 Å². The lowest BCUT2D eigenvalue weighted by Crippen LogP contribution is -2.33. The summed E-state index contributed by atoms with van der Waals surface area (Å²) in [4.78, 5) is 0. The molecule has 0 fully saturated rings. The first kappa shape index (κ1) is 15.9. The molecule has 1 atom stereocenters.